The Morgan fingerprint density at radius 1 is 1.42 bits per heavy atom. The molecule has 0 bridgehead atoms. The highest BCUT2D eigenvalue weighted by atomic mass is 32.2. The van der Waals surface area contributed by atoms with Gasteiger partial charge in [-0.1, -0.05) is 0 Å². The quantitative estimate of drug-likeness (QED) is 0.903. The van der Waals surface area contributed by atoms with Crippen LogP contribution in [0.2, 0.25) is 0 Å². The molecule has 1 N–H and O–H groups in total. The van der Waals surface area contributed by atoms with E-state index in [-0.39, 0.29) is 17.0 Å². The molecule has 0 aliphatic carbocycles. The molecular formula is C12H20N2O3S2. The summed E-state index contributed by atoms with van der Waals surface area (Å²) in [6.07, 6.45) is 0. The van der Waals surface area contributed by atoms with E-state index in [0.717, 1.165) is 0 Å². The third kappa shape index (κ3) is 2.71. The molecule has 0 atom stereocenters. The van der Waals surface area contributed by atoms with Crippen molar-refractivity contribution in [3.8, 4) is 0 Å². The van der Waals surface area contributed by atoms with Crippen LogP contribution in [0.5, 0.6) is 0 Å². The first kappa shape index (κ1) is 14.9. The highest BCUT2D eigenvalue weighted by Gasteiger charge is 2.38. The van der Waals surface area contributed by atoms with E-state index in [1.54, 1.807) is 11.4 Å². The van der Waals surface area contributed by atoms with E-state index < -0.39 is 10.0 Å². The summed E-state index contributed by atoms with van der Waals surface area (Å²) >= 11 is 1.27. The van der Waals surface area contributed by atoms with Crippen molar-refractivity contribution in [1.29, 1.82) is 0 Å². The van der Waals surface area contributed by atoms with Gasteiger partial charge in [0.2, 0.25) is 10.0 Å². The summed E-state index contributed by atoms with van der Waals surface area (Å²) in [7, 11) is -1.49. The van der Waals surface area contributed by atoms with E-state index in [4.69, 9.17) is 0 Å². The first-order chi connectivity index (χ1) is 8.79. The van der Waals surface area contributed by atoms with Gasteiger partial charge in [0.05, 0.1) is 11.5 Å². The average molecular weight is 304 g/mol. The summed E-state index contributed by atoms with van der Waals surface area (Å²) in [5.74, 6) is 0. The van der Waals surface area contributed by atoms with Crippen LogP contribution in [0, 0.1) is 0 Å². The second-order valence-electron chi connectivity index (χ2n) is 5.44. The maximum Gasteiger partial charge on any atom is 0.244 e. The highest BCUT2D eigenvalue weighted by molar-refractivity contribution is 7.89. The van der Waals surface area contributed by atoms with E-state index in [0.29, 0.717) is 24.5 Å². The van der Waals surface area contributed by atoms with Crippen molar-refractivity contribution in [2.45, 2.75) is 30.9 Å². The third-order valence-electron chi connectivity index (χ3n) is 3.75. The molecule has 0 saturated carbocycles. The second-order valence-corrected chi connectivity index (χ2v) is 8.35. The van der Waals surface area contributed by atoms with Crippen molar-refractivity contribution in [3.05, 3.63) is 16.3 Å². The van der Waals surface area contributed by atoms with E-state index >= 15 is 0 Å². The lowest BCUT2D eigenvalue weighted by Crippen LogP contribution is -2.58. The Kier molecular flexibility index (Phi) is 4.04. The van der Waals surface area contributed by atoms with Crippen LogP contribution in [-0.2, 0) is 16.6 Å². The van der Waals surface area contributed by atoms with Gasteiger partial charge in [-0.05, 0) is 32.3 Å². The first-order valence-corrected chi connectivity index (χ1v) is 8.49. The number of rotatable bonds is 3. The Labute approximate surface area is 118 Å². The van der Waals surface area contributed by atoms with Crippen LogP contribution < -0.4 is 0 Å². The summed E-state index contributed by atoms with van der Waals surface area (Å²) in [5.41, 5.74) is -0.180. The van der Waals surface area contributed by atoms with Crippen molar-refractivity contribution in [3.63, 3.8) is 0 Å². The van der Waals surface area contributed by atoms with Crippen molar-refractivity contribution >= 4 is 21.4 Å². The number of hydrogen-bond donors (Lipinski definition) is 1. The molecule has 1 aliphatic rings. The predicted molar refractivity (Wildman–Crippen MR) is 75.7 cm³/mol. The fourth-order valence-electron chi connectivity index (χ4n) is 2.21. The number of hydrogen-bond acceptors (Lipinski definition) is 5. The van der Waals surface area contributed by atoms with Crippen LogP contribution in [0.4, 0.5) is 0 Å². The zero-order valence-electron chi connectivity index (χ0n) is 11.5. The van der Waals surface area contributed by atoms with Crippen LogP contribution in [0.25, 0.3) is 0 Å². The van der Waals surface area contributed by atoms with Crippen LogP contribution in [0.15, 0.2) is 16.3 Å². The molecule has 0 aromatic carbocycles. The van der Waals surface area contributed by atoms with Crippen molar-refractivity contribution < 1.29 is 13.5 Å². The van der Waals surface area contributed by atoms with Gasteiger partial charge >= 0.3 is 0 Å². The largest absolute Gasteiger partial charge is 0.391 e. The topological polar surface area (TPSA) is 60.9 Å². The molecule has 2 heterocycles. The second kappa shape index (κ2) is 5.14. The van der Waals surface area contributed by atoms with Gasteiger partial charge < -0.3 is 5.11 Å². The number of likely N-dealkylation sites (N-methyl/N-ethyl adjacent to an activating group) is 1. The summed E-state index contributed by atoms with van der Waals surface area (Å²) in [4.78, 5) is 2.93. The monoisotopic (exact) mass is 304 g/mol. The summed E-state index contributed by atoms with van der Waals surface area (Å²) in [6.45, 7) is 5.51. The smallest absolute Gasteiger partial charge is 0.244 e. The van der Waals surface area contributed by atoms with Gasteiger partial charge in [-0.25, -0.2) is 8.42 Å². The number of piperazine rings is 1. The molecule has 19 heavy (non-hydrogen) atoms. The van der Waals surface area contributed by atoms with Crippen LogP contribution in [0.1, 0.15) is 18.7 Å². The molecule has 7 heteroatoms. The fourth-order valence-corrected chi connectivity index (χ4v) is 5.07. The van der Waals surface area contributed by atoms with E-state index in [9.17, 15) is 13.5 Å². The molecule has 0 amide bonds. The molecule has 1 aromatic heterocycles. The maximum absolute atomic E-state index is 12.6. The van der Waals surface area contributed by atoms with Crippen molar-refractivity contribution in [1.82, 2.24) is 9.21 Å². The number of aliphatic hydroxyl groups excluding tert-OH is 1. The number of sulfonamides is 1. The molecular weight excluding hydrogens is 284 g/mol. The summed E-state index contributed by atoms with van der Waals surface area (Å²) in [5, 5.41) is 10.9. The standard InChI is InChI=1S/C12H20N2O3S2/c1-12(2)9-14(6-5-13(12)3)19(16,17)11-4-7-18-10(11)8-15/h4,7,15H,5-6,8-9H2,1-3H3. The minimum atomic E-state index is -3.50. The number of nitrogens with zero attached hydrogens (tertiary/aromatic N) is 2. The predicted octanol–water partition coefficient (Wildman–Crippen LogP) is 0.955. The highest BCUT2D eigenvalue weighted by Crippen LogP contribution is 2.29. The van der Waals surface area contributed by atoms with Crippen molar-refractivity contribution in [2.24, 2.45) is 0 Å². The molecule has 5 nitrogen and oxygen atoms in total. The lowest BCUT2D eigenvalue weighted by molar-refractivity contribution is 0.0801. The molecule has 1 saturated heterocycles. The van der Waals surface area contributed by atoms with Crippen LogP contribution in [-0.4, -0.2) is 55.0 Å². The number of aliphatic hydroxyl groups is 1. The van der Waals surface area contributed by atoms with Crippen LogP contribution >= 0.6 is 11.3 Å². The van der Waals surface area contributed by atoms with Gasteiger partial charge in [-0.3, -0.25) is 4.90 Å². The van der Waals surface area contributed by atoms with Gasteiger partial charge in [0.15, 0.2) is 0 Å². The molecule has 2 rings (SSSR count). The molecule has 1 fully saturated rings. The van der Waals surface area contributed by atoms with Crippen molar-refractivity contribution in [2.75, 3.05) is 26.7 Å². The zero-order chi connectivity index (χ0) is 14.3. The average Bonchev–Trinajstić information content (AvgIpc) is 2.81. The van der Waals surface area contributed by atoms with Gasteiger partial charge in [0, 0.05) is 30.1 Å². The molecule has 0 spiro atoms. The van der Waals surface area contributed by atoms with Gasteiger partial charge in [-0.15, -0.1) is 11.3 Å². The fraction of sp³-hybridized carbons (Fsp3) is 0.667. The van der Waals surface area contributed by atoms with Gasteiger partial charge in [-0.2, -0.15) is 4.31 Å². The number of thiophene rings is 1. The van der Waals surface area contributed by atoms with Gasteiger partial charge in [0.25, 0.3) is 0 Å². The Balaban J connectivity index is 2.31. The molecule has 0 unspecified atom stereocenters. The molecule has 108 valence electrons. The molecule has 1 aromatic rings. The minimum Gasteiger partial charge on any atom is -0.391 e. The van der Waals surface area contributed by atoms with E-state index in [1.165, 1.54) is 15.6 Å². The van der Waals surface area contributed by atoms with E-state index in [1.807, 2.05) is 20.9 Å². The van der Waals surface area contributed by atoms with Crippen LogP contribution in [0.3, 0.4) is 0 Å². The lowest BCUT2D eigenvalue weighted by Gasteiger charge is -2.44. The normalized spacial score (nSPS) is 21.7. The summed E-state index contributed by atoms with van der Waals surface area (Å²) in [6, 6.07) is 1.58. The Hall–Kier alpha value is -0.470. The first-order valence-electron chi connectivity index (χ1n) is 6.17. The molecule has 0 radical (unpaired) electrons. The zero-order valence-corrected chi connectivity index (χ0v) is 13.1. The minimum absolute atomic E-state index is 0.180. The molecule has 1 aliphatic heterocycles. The maximum atomic E-state index is 12.6. The Morgan fingerprint density at radius 2 is 2.11 bits per heavy atom. The summed E-state index contributed by atoms with van der Waals surface area (Å²) < 4.78 is 26.8. The SMILES string of the molecule is CN1CCN(S(=O)(=O)c2ccsc2CO)CC1(C)C. The van der Waals surface area contributed by atoms with Gasteiger partial charge in [0.1, 0.15) is 0 Å². The Bertz CT molecular complexity index is 551. The lowest BCUT2D eigenvalue weighted by atomic mass is 10.0. The van der Waals surface area contributed by atoms with E-state index in [2.05, 4.69) is 4.90 Å². The Morgan fingerprint density at radius 3 is 2.68 bits per heavy atom. The third-order valence-corrected chi connectivity index (χ3v) is 6.71.